The summed E-state index contributed by atoms with van der Waals surface area (Å²) >= 11 is 0. The summed E-state index contributed by atoms with van der Waals surface area (Å²) in [7, 11) is 0. The van der Waals surface area contributed by atoms with Gasteiger partial charge in [0.1, 0.15) is 6.29 Å². The number of hydrogen-bond donors (Lipinski definition) is 0. The molecule has 2 heteroatoms. The van der Waals surface area contributed by atoms with Gasteiger partial charge in [0.2, 0.25) is 0 Å². The highest BCUT2D eigenvalue weighted by molar-refractivity contribution is 5.49. The van der Waals surface area contributed by atoms with E-state index in [1.165, 1.54) is 0 Å². The number of aldehydes is 1. The Bertz CT molecular complexity index is 76.6. The SMILES string of the molecule is O=CCCC1COC1. The predicted octanol–water partition coefficient (Wildman–Crippen LogP) is 0.612. The summed E-state index contributed by atoms with van der Waals surface area (Å²) in [6, 6.07) is 0. The quantitative estimate of drug-likeness (QED) is 0.502. The van der Waals surface area contributed by atoms with E-state index in [1.807, 2.05) is 0 Å². The normalized spacial score (nSPS) is 20.0. The van der Waals surface area contributed by atoms with E-state index in [9.17, 15) is 4.79 Å². The second-order valence-corrected chi connectivity index (χ2v) is 2.15. The van der Waals surface area contributed by atoms with E-state index in [1.54, 1.807) is 0 Å². The lowest BCUT2D eigenvalue weighted by Gasteiger charge is -2.24. The van der Waals surface area contributed by atoms with Crippen LogP contribution < -0.4 is 0 Å². The molecule has 8 heavy (non-hydrogen) atoms. The van der Waals surface area contributed by atoms with Gasteiger partial charge >= 0.3 is 0 Å². The Morgan fingerprint density at radius 3 is 2.75 bits per heavy atom. The van der Waals surface area contributed by atoms with E-state index in [0.717, 1.165) is 25.9 Å². The molecule has 46 valence electrons. The molecule has 0 aromatic heterocycles. The standard InChI is InChI=1S/C6H10O2/c7-3-1-2-6-4-8-5-6/h3,6H,1-2,4-5H2. The first-order valence-electron chi connectivity index (χ1n) is 2.95. The zero-order valence-corrected chi connectivity index (χ0v) is 4.80. The molecule has 0 aromatic rings. The third-order valence-corrected chi connectivity index (χ3v) is 1.40. The topological polar surface area (TPSA) is 26.3 Å². The molecule has 1 aliphatic heterocycles. The van der Waals surface area contributed by atoms with Crippen molar-refractivity contribution in [2.75, 3.05) is 13.2 Å². The first-order valence-corrected chi connectivity index (χ1v) is 2.95. The highest BCUT2D eigenvalue weighted by Crippen LogP contribution is 2.14. The maximum Gasteiger partial charge on any atom is 0.120 e. The Morgan fingerprint density at radius 2 is 2.38 bits per heavy atom. The molecule has 0 saturated carbocycles. The van der Waals surface area contributed by atoms with E-state index >= 15 is 0 Å². The Hall–Kier alpha value is -0.370. The molecular formula is C6H10O2. The van der Waals surface area contributed by atoms with Crippen LogP contribution in [0.15, 0.2) is 0 Å². The molecule has 0 amide bonds. The molecular weight excluding hydrogens is 104 g/mol. The molecule has 1 rings (SSSR count). The number of hydrogen-bond acceptors (Lipinski definition) is 2. The maximum atomic E-state index is 9.81. The summed E-state index contributed by atoms with van der Waals surface area (Å²) in [6.45, 7) is 1.74. The van der Waals surface area contributed by atoms with Crippen LogP contribution in [0.4, 0.5) is 0 Å². The van der Waals surface area contributed by atoms with Crippen molar-refractivity contribution in [3.8, 4) is 0 Å². The molecule has 0 aliphatic carbocycles. The fourth-order valence-corrected chi connectivity index (χ4v) is 0.755. The van der Waals surface area contributed by atoms with Crippen molar-refractivity contribution in [3.63, 3.8) is 0 Å². The van der Waals surface area contributed by atoms with Crippen molar-refractivity contribution in [3.05, 3.63) is 0 Å². The number of carbonyl (C=O) groups excluding carboxylic acids is 1. The summed E-state index contributed by atoms with van der Waals surface area (Å²) in [5.41, 5.74) is 0. The molecule has 0 atom stereocenters. The van der Waals surface area contributed by atoms with E-state index < -0.39 is 0 Å². The van der Waals surface area contributed by atoms with Gasteiger partial charge in [-0.1, -0.05) is 0 Å². The van der Waals surface area contributed by atoms with Crippen molar-refractivity contribution in [1.29, 1.82) is 0 Å². The van der Waals surface area contributed by atoms with Gasteiger partial charge in [0, 0.05) is 12.3 Å². The second-order valence-electron chi connectivity index (χ2n) is 2.15. The van der Waals surface area contributed by atoms with Crippen LogP contribution in [0.3, 0.4) is 0 Å². The minimum absolute atomic E-state index is 0.681. The number of carbonyl (C=O) groups is 1. The highest BCUT2D eigenvalue weighted by Gasteiger charge is 2.16. The molecule has 0 spiro atoms. The van der Waals surface area contributed by atoms with Crippen molar-refractivity contribution in [1.82, 2.24) is 0 Å². The van der Waals surface area contributed by atoms with Gasteiger partial charge in [-0.05, 0) is 6.42 Å². The van der Waals surface area contributed by atoms with Crippen LogP contribution in [-0.4, -0.2) is 19.5 Å². The Labute approximate surface area is 48.8 Å². The van der Waals surface area contributed by atoms with Crippen molar-refractivity contribution >= 4 is 6.29 Å². The molecule has 0 bridgehead atoms. The second kappa shape index (κ2) is 2.82. The lowest BCUT2D eigenvalue weighted by Crippen LogP contribution is -2.27. The number of ether oxygens (including phenoxy) is 1. The third kappa shape index (κ3) is 1.30. The summed E-state index contributed by atoms with van der Waals surface area (Å²) in [5, 5.41) is 0. The predicted molar refractivity (Wildman–Crippen MR) is 29.6 cm³/mol. The fraction of sp³-hybridized carbons (Fsp3) is 0.833. The van der Waals surface area contributed by atoms with Crippen LogP contribution >= 0.6 is 0 Å². The lowest BCUT2D eigenvalue weighted by molar-refractivity contribution is -0.109. The summed E-state index contributed by atoms with van der Waals surface area (Å²) in [5.74, 6) is 0.681. The molecule has 1 aliphatic rings. The molecule has 1 fully saturated rings. The van der Waals surface area contributed by atoms with Gasteiger partial charge in [0.05, 0.1) is 13.2 Å². The molecule has 0 aromatic carbocycles. The van der Waals surface area contributed by atoms with Crippen LogP contribution in [0.1, 0.15) is 12.8 Å². The number of rotatable bonds is 3. The van der Waals surface area contributed by atoms with E-state index in [-0.39, 0.29) is 0 Å². The van der Waals surface area contributed by atoms with Gasteiger partial charge in [0.25, 0.3) is 0 Å². The average Bonchev–Trinajstić information content (AvgIpc) is 1.63. The van der Waals surface area contributed by atoms with Crippen LogP contribution in [0.25, 0.3) is 0 Å². The zero-order chi connectivity index (χ0) is 5.82. The monoisotopic (exact) mass is 114 g/mol. The van der Waals surface area contributed by atoms with Crippen LogP contribution in [0.5, 0.6) is 0 Å². The van der Waals surface area contributed by atoms with Crippen LogP contribution in [0.2, 0.25) is 0 Å². The van der Waals surface area contributed by atoms with Crippen molar-refractivity contribution < 1.29 is 9.53 Å². The lowest BCUT2D eigenvalue weighted by atomic mass is 10.0. The molecule has 1 heterocycles. The first kappa shape index (κ1) is 5.76. The largest absolute Gasteiger partial charge is 0.381 e. The van der Waals surface area contributed by atoms with Gasteiger partial charge in [-0.2, -0.15) is 0 Å². The third-order valence-electron chi connectivity index (χ3n) is 1.40. The van der Waals surface area contributed by atoms with Gasteiger partial charge in [-0.3, -0.25) is 0 Å². The Morgan fingerprint density at radius 1 is 1.62 bits per heavy atom. The van der Waals surface area contributed by atoms with Crippen LogP contribution in [-0.2, 0) is 9.53 Å². The van der Waals surface area contributed by atoms with E-state index in [2.05, 4.69) is 0 Å². The van der Waals surface area contributed by atoms with Gasteiger partial charge < -0.3 is 9.53 Å². The summed E-state index contributed by atoms with van der Waals surface area (Å²) in [6.07, 6.45) is 2.69. The minimum atomic E-state index is 0.681. The van der Waals surface area contributed by atoms with E-state index in [4.69, 9.17) is 4.74 Å². The maximum absolute atomic E-state index is 9.81. The van der Waals surface area contributed by atoms with Crippen LogP contribution in [0, 0.1) is 5.92 Å². The first-order chi connectivity index (χ1) is 3.93. The molecule has 1 saturated heterocycles. The Balaban J connectivity index is 1.93. The molecule has 0 unspecified atom stereocenters. The molecule has 0 radical (unpaired) electrons. The molecule has 0 N–H and O–H groups in total. The van der Waals surface area contributed by atoms with Gasteiger partial charge in [0.15, 0.2) is 0 Å². The summed E-state index contributed by atoms with van der Waals surface area (Å²) < 4.78 is 4.92. The van der Waals surface area contributed by atoms with E-state index in [0.29, 0.717) is 12.3 Å². The average molecular weight is 114 g/mol. The smallest absolute Gasteiger partial charge is 0.120 e. The van der Waals surface area contributed by atoms with Crippen molar-refractivity contribution in [2.24, 2.45) is 5.92 Å². The molecule has 2 nitrogen and oxygen atoms in total. The van der Waals surface area contributed by atoms with Crippen molar-refractivity contribution in [2.45, 2.75) is 12.8 Å². The summed E-state index contributed by atoms with van der Waals surface area (Å²) in [4.78, 5) is 9.81. The van der Waals surface area contributed by atoms with Gasteiger partial charge in [-0.15, -0.1) is 0 Å². The Kier molecular flexibility index (Phi) is 2.03. The zero-order valence-electron chi connectivity index (χ0n) is 4.80. The highest BCUT2D eigenvalue weighted by atomic mass is 16.5. The fourth-order valence-electron chi connectivity index (χ4n) is 0.755. The van der Waals surface area contributed by atoms with Gasteiger partial charge in [-0.25, -0.2) is 0 Å². The minimum Gasteiger partial charge on any atom is -0.381 e.